The highest BCUT2D eigenvalue weighted by molar-refractivity contribution is 6.04. The van der Waals surface area contributed by atoms with Gasteiger partial charge in [0.05, 0.1) is 0 Å². The second-order valence-electron chi connectivity index (χ2n) is 4.41. The summed E-state index contributed by atoms with van der Waals surface area (Å²) >= 11 is 0. The molecule has 0 fully saturated rings. The van der Waals surface area contributed by atoms with E-state index in [-0.39, 0.29) is 38.5 Å². The molecule has 0 unspecified atom stereocenters. The molecule has 0 saturated heterocycles. The zero-order chi connectivity index (χ0) is 18.5. The van der Waals surface area contributed by atoms with Crippen LogP contribution in [0.4, 0.5) is 0 Å². The first-order valence-electron chi connectivity index (χ1n) is 6.81. The monoisotopic (exact) mass is 344 g/mol. The summed E-state index contributed by atoms with van der Waals surface area (Å²) in [6.07, 6.45) is 1.77. The predicted octanol–water partition coefficient (Wildman–Crippen LogP) is 0.192. The Morgan fingerprint density at radius 3 is 1.42 bits per heavy atom. The Hall–Kier alpha value is -3.04. The zero-order valence-electron chi connectivity index (χ0n) is 12.6. The van der Waals surface area contributed by atoms with Crippen LogP contribution in [-0.2, 0) is 38.2 Å². The minimum atomic E-state index is -1.02. The summed E-state index contributed by atoms with van der Waals surface area (Å²) in [5.74, 6) is -4.77. The maximum Gasteiger partial charge on any atom is 0.338 e. The lowest BCUT2D eigenvalue weighted by Gasteiger charge is -2.01. The number of carbonyl (C=O) groups excluding carboxylic acids is 4. The van der Waals surface area contributed by atoms with Gasteiger partial charge >= 0.3 is 35.8 Å². The van der Waals surface area contributed by atoms with Crippen molar-refractivity contribution in [3.8, 4) is 0 Å². The van der Waals surface area contributed by atoms with Gasteiger partial charge in [0.25, 0.3) is 0 Å². The molecule has 1 aliphatic heterocycles. The Kier molecular flexibility index (Phi) is 10.1. The number of hydrogen-bond donors (Lipinski definition) is 2. The Balaban J connectivity index is 0.000000620. The summed E-state index contributed by atoms with van der Waals surface area (Å²) < 4.78 is 8.32. The molecule has 0 aromatic rings. The molecular weight excluding hydrogens is 328 g/mol. The topological polar surface area (TPSA) is 161 Å². The van der Waals surface area contributed by atoms with Crippen molar-refractivity contribution in [1.29, 1.82) is 0 Å². The Bertz CT molecular complexity index is 500. The molecule has 24 heavy (non-hydrogen) atoms. The van der Waals surface area contributed by atoms with Crippen LogP contribution in [0.1, 0.15) is 38.5 Å². The second-order valence-corrected chi connectivity index (χ2v) is 4.41. The van der Waals surface area contributed by atoms with Crippen LogP contribution in [0.15, 0.2) is 12.2 Å². The van der Waals surface area contributed by atoms with Gasteiger partial charge in [-0.25, -0.2) is 9.59 Å². The standard InChI is InChI=1S/C10H14O7.C4H2O3/c11-7(12)3-1-5-9(15)17-10(16)6-2-4-8(13)14;5-3-1-2-4(6)7-3/h1-6H2,(H,11,12)(H,13,14);1-2H. The molecule has 2 N–H and O–H groups in total. The number of carbonyl (C=O) groups is 6. The smallest absolute Gasteiger partial charge is 0.338 e. The van der Waals surface area contributed by atoms with E-state index in [2.05, 4.69) is 9.47 Å². The lowest BCUT2D eigenvalue weighted by Crippen LogP contribution is -2.12. The SMILES string of the molecule is O=C(O)CCCC(=O)OC(=O)CCCC(=O)O.O=C1C=CC(=O)O1. The van der Waals surface area contributed by atoms with Crippen LogP contribution in [0.3, 0.4) is 0 Å². The van der Waals surface area contributed by atoms with Gasteiger partial charge in [0.15, 0.2) is 0 Å². The summed E-state index contributed by atoms with van der Waals surface area (Å²) in [4.78, 5) is 62.1. The lowest BCUT2D eigenvalue weighted by molar-refractivity contribution is -0.160. The van der Waals surface area contributed by atoms with Crippen LogP contribution < -0.4 is 0 Å². The van der Waals surface area contributed by atoms with Gasteiger partial charge < -0.3 is 19.7 Å². The average Bonchev–Trinajstić information content (AvgIpc) is 2.82. The summed E-state index contributed by atoms with van der Waals surface area (Å²) in [6.45, 7) is 0. The molecule has 10 nitrogen and oxygen atoms in total. The minimum Gasteiger partial charge on any atom is -0.481 e. The first-order chi connectivity index (χ1) is 11.2. The van der Waals surface area contributed by atoms with Gasteiger partial charge in [-0.3, -0.25) is 19.2 Å². The van der Waals surface area contributed by atoms with Crippen LogP contribution >= 0.6 is 0 Å². The quantitative estimate of drug-likeness (QED) is 0.459. The van der Waals surface area contributed by atoms with Gasteiger partial charge in [-0.05, 0) is 12.8 Å². The van der Waals surface area contributed by atoms with Crippen molar-refractivity contribution in [2.45, 2.75) is 38.5 Å². The molecule has 0 aromatic heterocycles. The van der Waals surface area contributed by atoms with E-state index in [0.29, 0.717) is 0 Å². The first-order valence-corrected chi connectivity index (χ1v) is 6.81. The molecule has 10 heteroatoms. The zero-order valence-corrected chi connectivity index (χ0v) is 12.6. The third-order valence-electron chi connectivity index (χ3n) is 2.33. The fourth-order valence-corrected chi connectivity index (χ4v) is 1.30. The largest absolute Gasteiger partial charge is 0.481 e. The predicted molar refractivity (Wildman–Crippen MR) is 74.3 cm³/mol. The van der Waals surface area contributed by atoms with E-state index in [4.69, 9.17) is 10.2 Å². The summed E-state index contributed by atoms with van der Waals surface area (Å²) in [5.41, 5.74) is 0. The van der Waals surface area contributed by atoms with Gasteiger partial charge in [0.2, 0.25) is 0 Å². The summed E-state index contributed by atoms with van der Waals surface area (Å²) in [5, 5.41) is 16.6. The normalized spacial score (nSPS) is 12.0. The van der Waals surface area contributed by atoms with Crippen molar-refractivity contribution in [2.75, 3.05) is 0 Å². The Labute approximate surface area is 136 Å². The van der Waals surface area contributed by atoms with Crippen molar-refractivity contribution in [1.82, 2.24) is 0 Å². The molecule has 0 atom stereocenters. The Morgan fingerprint density at radius 1 is 0.792 bits per heavy atom. The summed E-state index contributed by atoms with van der Waals surface area (Å²) in [7, 11) is 0. The molecule has 0 bridgehead atoms. The number of rotatable bonds is 8. The van der Waals surface area contributed by atoms with Gasteiger partial charge in [-0.2, -0.15) is 0 Å². The maximum atomic E-state index is 11.0. The van der Waals surface area contributed by atoms with Crippen molar-refractivity contribution >= 4 is 35.8 Å². The fraction of sp³-hybridized carbons (Fsp3) is 0.429. The molecule has 1 heterocycles. The first kappa shape index (κ1) is 21.0. The molecule has 0 spiro atoms. The van der Waals surface area contributed by atoms with Crippen molar-refractivity contribution in [3.05, 3.63) is 12.2 Å². The molecule has 0 radical (unpaired) electrons. The average molecular weight is 344 g/mol. The molecular formula is C14H16O10. The number of esters is 4. The van der Waals surface area contributed by atoms with Gasteiger partial charge in [-0.15, -0.1) is 0 Å². The van der Waals surface area contributed by atoms with E-state index in [9.17, 15) is 28.8 Å². The van der Waals surface area contributed by atoms with E-state index in [0.717, 1.165) is 12.2 Å². The summed E-state index contributed by atoms with van der Waals surface area (Å²) in [6, 6.07) is 0. The molecule has 0 saturated carbocycles. The molecule has 132 valence electrons. The van der Waals surface area contributed by atoms with E-state index in [1.165, 1.54) is 0 Å². The number of cyclic esters (lactones) is 2. The number of hydrogen-bond acceptors (Lipinski definition) is 8. The van der Waals surface area contributed by atoms with Crippen LogP contribution in [0, 0.1) is 0 Å². The van der Waals surface area contributed by atoms with E-state index in [1.54, 1.807) is 0 Å². The number of carboxylic acid groups (broad SMARTS) is 2. The minimum absolute atomic E-state index is 0.108. The molecule has 1 aliphatic rings. The highest BCUT2D eigenvalue weighted by Gasteiger charge is 2.12. The molecule has 1 rings (SSSR count). The van der Waals surface area contributed by atoms with Gasteiger partial charge in [0, 0.05) is 37.8 Å². The second kappa shape index (κ2) is 11.5. The highest BCUT2D eigenvalue weighted by atomic mass is 16.6. The van der Waals surface area contributed by atoms with Crippen LogP contribution in [0.2, 0.25) is 0 Å². The molecule has 0 amide bonds. The number of ether oxygens (including phenoxy) is 2. The number of carboxylic acids is 2. The van der Waals surface area contributed by atoms with Gasteiger partial charge in [0.1, 0.15) is 0 Å². The molecule has 0 aliphatic carbocycles. The Morgan fingerprint density at radius 2 is 1.17 bits per heavy atom. The molecule has 0 aromatic carbocycles. The van der Waals surface area contributed by atoms with Crippen molar-refractivity contribution in [3.63, 3.8) is 0 Å². The number of aliphatic carboxylic acids is 2. The third-order valence-corrected chi connectivity index (χ3v) is 2.33. The maximum absolute atomic E-state index is 11.0. The third kappa shape index (κ3) is 12.7. The van der Waals surface area contributed by atoms with E-state index in [1.807, 2.05) is 0 Å². The lowest BCUT2D eigenvalue weighted by atomic mass is 10.2. The highest BCUT2D eigenvalue weighted by Crippen LogP contribution is 2.02. The van der Waals surface area contributed by atoms with Crippen molar-refractivity contribution < 1.29 is 48.5 Å². The van der Waals surface area contributed by atoms with Crippen LogP contribution in [0.25, 0.3) is 0 Å². The van der Waals surface area contributed by atoms with E-state index >= 15 is 0 Å². The van der Waals surface area contributed by atoms with Crippen LogP contribution in [0.5, 0.6) is 0 Å². The fourth-order valence-electron chi connectivity index (χ4n) is 1.30. The van der Waals surface area contributed by atoms with Crippen LogP contribution in [-0.4, -0.2) is 46.0 Å². The van der Waals surface area contributed by atoms with E-state index < -0.39 is 35.8 Å². The van der Waals surface area contributed by atoms with Gasteiger partial charge in [-0.1, -0.05) is 0 Å². The van der Waals surface area contributed by atoms with Crippen molar-refractivity contribution in [2.24, 2.45) is 0 Å².